The number of carbonyl (C=O) groups is 2. The molecule has 40 heavy (non-hydrogen) atoms. The number of anilines is 1. The molecular formula is C30H28N4O5S. The van der Waals surface area contributed by atoms with Crippen LogP contribution in [0.3, 0.4) is 0 Å². The molecule has 5 rings (SSSR count). The van der Waals surface area contributed by atoms with Crippen molar-refractivity contribution in [1.29, 1.82) is 0 Å². The lowest BCUT2D eigenvalue weighted by Crippen LogP contribution is -2.41. The molecule has 3 heterocycles. The van der Waals surface area contributed by atoms with Crippen molar-refractivity contribution in [3.63, 3.8) is 0 Å². The minimum atomic E-state index is -0.580. The molecule has 3 aromatic heterocycles. The molecule has 0 fully saturated rings. The number of aromatic nitrogens is 2. The molecule has 0 radical (unpaired) electrons. The number of benzene rings is 2. The second kappa shape index (κ2) is 11.2. The van der Waals surface area contributed by atoms with E-state index in [1.807, 2.05) is 32.9 Å². The van der Waals surface area contributed by atoms with Crippen LogP contribution in [0.15, 0.2) is 80.2 Å². The predicted octanol–water partition coefficient (Wildman–Crippen LogP) is 4.36. The van der Waals surface area contributed by atoms with Gasteiger partial charge in [-0.2, -0.15) is 0 Å². The van der Waals surface area contributed by atoms with Crippen LogP contribution in [-0.4, -0.2) is 20.9 Å². The highest BCUT2D eigenvalue weighted by atomic mass is 32.1. The van der Waals surface area contributed by atoms with Crippen LogP contribution < -0.4 is 21.9 Å². The van der Waals surface area contributed by atoms with Gasteiger partial charge in [0, 0.05) is 11.3 Å². The van der Waals surface area contributed by atoms with Crippen LogP contribution in [0.25, 0.3) is 10.2 Å². The van der Waals surface area contributed by atoms with Gasteiger partial charge in [-0.25, -0.2) is 4.79 Å². The molecule has 2 N–H and O–H groups in total. The summed E-state index contributed by atoms with van der Waals surface area (Å²) in [6.45, 7) is 5.86. The van der Waals surface area contributed by atoms with Crippen LogP contribution in [0.2, 0.25) is 0 Å². The van der Waals surface area contributed by atoms with Gasteiger partial charge in [-0.1, -0.05) is 29.8 Å². The standard InChI is InChI=1S/C30H28N4O5S/c1-18-13-19(2)26(20(3)14-18)32-25(35)17-33-24-10-12-40-27(24)29(37)34(30(33)38)16-21-6-8-22(9-7-21)28(36)31-15-23-5-4-11-39-23/h4-14H,15-17H2,1-3H3,(H,31,36)(H,32,35). The molecule has 0 bridgehead atoms. The minimum absolute atomic E-state index is 0.00238. The molecule has 0 aliphatic rings. The van der Waals surface area contributed by atoms with Gasteiger partial charge in [0.25, 0.3) is 11.5 Å². The first kappa shape index (κ1) is 26.9. The Labute approximate surface area is 233 Å². The van der Waals surface area contributed by atoms with Crippen LogP contribution in [0.4, 0.5) is 5.69 Å². The fourth-order valence-electron chi connectivity index (χ4n) is 4.75. The number of furan rings is 1. The molecule has 10 heteroatoms. The maximum Gasteiger partial charge on any atom is 0.332 e. The molecule has 204 valence electrons. The Morgan fingerprint density at radius 2 is 1.68 bits per heavy atom. The number of aryl methyl sites for hydroxylation is 3. The summed E-state index contributed by atoms with van der Waals surface area (Å²) in [6, 6.07) is 15.8. The summed E-state index contributed by atoms with van der Waals surface area (Å²) in [4.78, 5) is 52.3. The van der Waals surface area contributed by atoms with Gasteiger partial charge in [-0.3, -0.25) is 23.5 Å². The summed E-state index contributed by atoms with van der Waals surface area (Å²) in [5.74, 6) is 0.00900. The van der Waals surface area contributed by atoms with E-state index in [1.54, 1.807) is 47.8 Å². The van der Waals surface area contributed by atoms with Crippen molar-refractivity contribution in [2.24, 2.45) is 0 Å². The van der Waals surface area contributed by atoms with E-state index in [0.717, 1.165) is 21.3 Å². The zero-order valence-corrected chi connectivity index (χ0v) is 23.1. The summed E-state index contributed by atoms with van der Waals surface area (Å²) >= 11 is 1.22. The molecule has 0 aliphatic heterocycles. The zero-order valence-electron chi connectivity index (χ0n) is 22.3. The molecule has 0 unspecified atom stereocenters. The summed E-state index contributed by atoms with van der Waals surface area (Å²) in [5, 5.41) is 7.44. The number of nitrogens with one attached hydrogen (secondary N) is 2. The Balaban J connectivity index is 1.38. The lowest BCUT2D eigenvalue weighted by atomic mass is 10.1. The summed E-state index contributed by atoms with van der Waals surface area (Å²) in [5.41, 5.74) is 4.20. The van der Waals surface area contributed by atoms with Crippen molar-refractivity contribution in [2.45, 2.75) is 40.4 Å². The van der Waals surface area contributed by atoms with Crippen molar-refractivity contribution in [3.05, 3.63) is 121 Å². The van der Waals surface area contributed by atoms with Gasteiger partial charge in [0.05, 0.1) is 24.9 Å². The number of rotatable bonds is 8. The van der Waals surface area contributed by atoms with Crippen molar-refractivity contribution < 1.29 is 14.0 Å². The Hall–Kier alpha value is -4.70. The SMILES string of the molecule is Cc1cc(C)c(NC(=O)Cn2c(=O)n(Cc3ccc(C(=O)NCc4ccco4)cc3)c(=O)c3sccc32)c(C)c1. The first-order valence-electron chi connectivity index (χ1n) is 12.7. The first-order valence-corrected chi connectivity index (χ1v) is 13.6. The normalized spacial score (nSPS) is 11.1. The van der Waals surface area contributed by atoms with Gasteiger partial charge in [0.1, 0.15) is 17.0 Å². The lowest BCUT2D eigenvalue weighted by molar-refractivity contribution is -0.116. The Kier molecular flexibility index (Phi) is 7.52. The monoisotopic (exact) mass is 556 g/mol. The lowest BCUT2D eigenvalue weighted by Gasteiger charge is -2.15. The Morgan fingerprint density at radius 3 is 2.35 bits per heavy atom. The fourth-order valence-corrected chi connectivity index (χ4v) is 5.60. The summed E-state index contributed by atoms with van der Waals surface area (Å²) in [7, 11) is 0. The third-order valence-electron chi connectivity index (χ3n) is 6.64. The predicted molar refractivity (Wildman–Crippen MR) is 155 cm³/mol. The minimum Gasteiger partial charge on any atom is -0.467 e. The van der Waals surface area contributed by atoms with Gasteiger partial charge in [0.2, 0.25) is 5.91 Å². The topological polar surface area (TPSA) is 115 Å². The fraction of sp³-hybridized carbons (Fsp3) is 0.200. The average Bonchev–Trinajstić information content (AvgIpc) is 3.63. The highest BCUT2D eigenvalue weighted by Gasteiger charge is 2.18. The highest BCUT2D eigenvalue weighted by Crippen LogP contribution is 2.22. The number of thiophene rings is 1. The average molecular weight is 557 g/mol. The van der Waals surface area contributed by atoms with E-state index in [4.69, 9.17) is 4.42 Å². The molecule has 9 nitrogen and oxygen atoms in total. The maximum atomic E-state index is 13.5. The van der Waals surface area contributed by atoms with Crippen LogP contribution >= 0.6 is 11.3 Å². The van der Waals surface area contributed by atoms with E-state index in [-0.39, 0.29) is 31.4 Å². The van der Waals surface area contributed by atoms with Gasteiger partial charge >= 0.3 is 5.69 Å². The second-order valence-electron chi connectivity index (χ2n) is 9.68. The number of amides is 2. The molecule has 0 aliphatic carbocycles. The number of fused-ring (bicyclic) bond motifs is 1. The summed E-state index contributed by atoms with van der Waals surface area (Å²) in [6.07, 6.45) is 1.54. The number of hydrogen-bond donors (Lipinski definition) is 2. The molecule has 0 spiro atoms. The van der Waals surface area contributed by atoms with E-state index in [9.17, 15) is 19.2 Å². The van der Waals surface area contributed by atoms with Crippen LogP contribution in [0.1, 0.15) is 38.4 Å². The van der Waals surface area contributed by atoms with E-state index in [2.05, 4.69) is 10.6 Å². The maximum absolute atomic E-state index is 13.5. The molecule has 5 aromatic rings. The van der Waals surface area contributed by atoms with E-state index in [1.165, 1.54) is 22.2 Å². The van der Waals surface area contributed by atoms with Crippen LogP contribution in [0, 0.1) is 20.8 Å². The van der Waals surface area contributed by atoms with Crippen molar-refractivity contribution >= 4 is 39.1 Å². The van der Waals surface area contributed by atoms with Crippen LogP contribution in [-0.2, 0) is 24.4 Å². The molecule has 0 saturated carbocycles. The van der Waals surface area contributed by atoms with Gasteiger partial charge in [-0.05, 0) is 73.2 Å². The molecule has 0 saturated heterocycles. The van der Waals surface area contributed by atoms with Crippen molar-refractivity contribution in [1.82, 2.24) is 14.5 Å². The van der Waals surface area contributed by atoms with E-state index < -0.39 is 11.2 Å². The van der Waals surface area contributed by atoms with E-state index >= 15 is 0 Å². The van der Waals surface area contributed by atoms with E-state index in [0.29, 0.717) is 32.8 Å². The molecular weight excluding hydrogens is 528 g/mol. The largest absolute Gasteiger partial charge is 0.467 e. The molecule has 2 aromatic carbocycles. The van der Waals surface area contributed by atoms with Gasteiger partial charge in [-0.15, -0.1) is 11.3 Å². The van der Waals surface area contributed by atoms with Crippen LogP contribution in [0.5, 0.6) is 0 Å². The molecule has 2 amide bonds. The molecule has 0 atom stereocenters. The Bertz CT molecular complexity index is 1810. The number of nitrogens with zero attached hydrogens (tertiary/aromatic N) is 2. The second-order valence-corrected chi connectivity index (χ2v) is 10.6. The third-order valence-corrected chi connectivity index (χ3v) is 7.53. The number of carbonyl (C=O) groups excluding carboxylic acids is 2. The summed E-state index contributed by atoms with van der Waals surface area (Å²) < 4.78 is 8.08. The smallest absolute Gasteiger partial charge is 0.332 e. The zero-order chi connectivity index (χ0) is 28.4. The first-order chi connectivity index (χ1) is 19.2. The van der Waals surface area contributed by atoms with Gasteiger partial charge in [0.15, 0.2) is 0 Å². The number of hydrogen-bond acceptors (Lipinski definition) is 6. The van der Waals surface area contributed by atoms with Gasteiger partial charge < -0.3 is 15.1 Å². The quantitative estimate of drug-likeness (QED) is 0.295. The highest BCUT2D eigenvalue weighted by molar-refractivity contribution is 7.17. The Morgan fingerprint density at radius 1 is 0.950 bits per heavy atom. The van der Waals surface area contributed by atoms with Crippen molar-refractivity contribution in [3.8, 4) is 0 Å². The van der Waals surface area contributed by atoms with Crippen molar-refractivity contribution in [2.75, 3.05) is 5.32 Å². The third kappa shape index (κ3) is 5.52.